The number of likely N-dealkylation sites (tertiary alicyclic amines) is 1. The minimum absolute atomic E-state index is 0.0481. The zero-order valence-corrected chi connectivity index (χ0v) is 15.4. The highest BCUT2D eigenvalue weighted by Gasteiger charge is 2.74. The number of ether oxygens (including phenoxy) is 2. The number of fused-ring (bicyclic) bond motifs is 1. The molecule has 3 aliphatic rings. The van der Waals surface area contributed by atoms with Crippen LogP contribution in [0.25, 0.3) is 0 Å². The number of nitrogens with one attached hydrogen (secondary N) is 1. The van der Waals surface area contributed by atoms with E-state index in [1.54, 1.807) is 6.92 Å². The van der Waals surface area contributed by atoms with Crippen LogP contribution in [0.15, 0.2) is 0 Å². The molecule has 1 spiro atoms. The average Bonchev–Trinajstić information content (AvgIpc) is 3.24. The fourth-order valence-electron chi connectivity index (χ4n) is 4.79. The maximum absolute atomic E-state index is 13.1. The van der Waals surface area contributed by atoms with Crippen LogP contribution in [0.4, 0.5) is 0 Å². The highest BCUT2D eigenvalue weighted by molar-refractivity contribution is 5.98. The van der Waals surface area contributed by atoms with E-state index in [4.69, 9.17) is 9.47 Å². The van der Waals surface area contributed by atoms with Gasteiger partial charge in [0.05, 0.1) is 31.2 Å². The molecular formula is C18H28N2O6. The molecule has 0 aliphatic carbocycles. The first-order valence-electron chi connectivity index (χ1n) is 9.55. The Kier molecular flexibility index (Phi) is 5.53. The highest BCUT2D eigenvalue weighted by Crippen LogP contribution is 2.58. The third-order valence-electron chi connectivity index (χ3n) is 5.78. The van der Waals surface area contributed by atoms with Crippen LogP contribution in [-0.2, 0) is 23.9 Å². The Morgan fingerprint density at radius 1 is 1.42 bits per heavy atom. The first-order valence-corrected chi connectivity index (χ1v) is 9.55. The summed E-state index contributed by atoms with van der Waals surface area (Å²) < 4.78 is 11.3. The Bertz CT molecular complexity index is 582. The van der Waals surface area contributed by atoms with Crippen molar-refractivity contribution < 1.29 is 29.0 Å². The van der Waals surface area contributed by atoms with Crippen LogP contribution in [0.3, 0.4) is 0 Å². The molecule has 2 bridgehead atoms. The maximum Gasteiger partial charge on any atom is 0.312 e. The minimum Gasteiger partial charge on any atom is -0.466 e. The van der Waals surface area contributed by atoms with Crippen LogP contribution in [0.1, 0.15) is 39.5 Å². The Morgan fingerprint density at radius 2 is 2.19 bits per heavy atom. The quantitative estimate of drug-likeness (QED) is 0.455. The van der Waals surface area contributed by atoms with E-state index in [0.717, 1.165) is 12.8 Å². The van der Waals surface area contributed by atoms with Gasteiger partial charge in [0.1, 0.15) is 11.6 Å². The van der Waals surface area contributed by atoms with Crippen molar-refractivity contribution in [1.82, 2.24) is 10.2 Å². The van der Waals surface area contributed by atoms with Crippen molar-refractivity contribution in [1.29, 1.82) is 0 Å². The van der Waals surface area contributed by atoms with Crippen molar-refractivity contribution in [2.75, 3.05) is 26.3 Å². The van der Waals surface area contributed by atoms with Gasteiger partial charge in [-0.15, -0.1) is 0 Å². The highest BCUT2D eigenvalue weighted by atomic mass is 16.6. The molecule has 0 aromatic carbocycles. The smallest absolute Gasteiger partial charge is 0.312 e. The number of amides is 2. The lowest BCUT2D eigenvalue weighted by Gasteiger charge is -2.33. The molecular weight excluding hydrogens is 340 g/mol. The van der Waals surface area contributed by atoms with Crippen LogP contribution in [0, 0.1) is 11.8 Å². The summed E-state index contributed by atoms with van der Waals surface area (Å²) in [4.78, 5) is 39.8. The number of esters is 1. The second-order valence-corrected chi connectivity index (χ2v) is 7.21. The number of rotatable bonds is 8. The van der Waals surface area contributed by atoms with Crippen molar-refractivity contribution in [3.8, 4) is 0 Å². The molecule has 0 saturated carbocycles. The molecule has 2 amide bonds. The lowest BCUT2D eigenvalue weighted by molar-refractivity contribution is -0.154. The van der Waals surface area contributed by atoms with Crippen molar-refractivity contribution in [2.24, 2.45) is 11.8 Å². The maximum atomic E-state index is 13.1. The minimum atomic E-state index is -0.995. The molecule has 3 fully saturated rings. The van der Waals surface area contributed by atoms with Gasteiger partial charge in [0.25, 0.3) is 0 Å². The molecule has 8 heteroatoms. The second-order valence-electron chi connectivity index (χ2n) is 7.21. The fraction of sp³-hybridized carbons (Fsp3) is 0.833. The third kappa shape index (κ3) is 2.79. The van der Waals surface area contributed by atoms with E-state index >= 15 is 0 Å². The monoisotopic (exact) mass is 368 g/mol. The molecule has 26 heavy (non-hydrogen) atoms. The van der Waals surface area contributed by atoms with Gasteiger partial charge < -0.3 is 24.8 Å². The van der Waals surface area contributed by atoms with E-state index in [2.05, 4.69) is 5.32 Å². The van der Waals surface area contributed by atoms with Gasteiger partial charge in [-0.05, 0) is 26.2 Å². The normalized spacial score (nSPS) is 34.9. The zero-order chi connectivity index (χ0) is 18.9. The predicted molar refractivity (Wildman–Crippen MR) is 91.0 cm³/mol. The van der Waals surface area contributed by atoms with Crippen molar-refractivity contribution in [3.63, 3.8) is 0 Å². The topological polar surface area (TPSA) is 105 Å². The Balaban J connectivity index is 1.90. The van der Waals surface area contributed by atoms with E-state index in [1.165, 1.54) is 4.90 Å². The largest absolute Gasteiger partial charge is 0.466 e. The van der Waals surface area contributed by atoms with Gasteiger partial charge in [-0.3, -0.25) is 14.4 Å². The lowest BCUT2D eigenvalue weighted by atomic mass is 9.71. The van der Waals surface area contributed by atoms with Crippen LogP contribution < -0.4 is 5.32 Å². The first kappa shape index (κ1) is 19.1. The SMILES string of the molecule is CCCCNC(=O)C1N(CCO)C(=O)[C@@H]2[C@H](C(=O)OCC)[C@@H]3CCC12O3. The molecule has 2 N–H and O–H groups in total. The molecule has 8 nitrogen and oxygen atoms in total. The van der Waals surface area contributed by atoms with Crippen LogP contribution in [0.2, 0.25) is 0 Å². The van der Waals surface area contributed by atoms with E-state index < -0.39 is 29.4 Å². The molecule has 2 unspecified atom stereocenters. The standard InChI is InChI=1S/C18H28N2O6/c1-3-5-8-19-15(22)14-18-7-6-11(26-18)12(17(24)25-4-2)13(18)16(23)20(14)9-10-21/h11-14,21H,3-10H2,1-2H3,(H,19,22)/t11-,12+,13-,14?,18?/m0/s1. The van der Waals surface area contributed by atoms with Crippen LogP contribution in [-0.4, -0.2) is 71.8 Å². The number of carbonyl (C=O) groups excluding carboxylic acids is 3. The molecule has 0 aromatic rings. The first-order chi connectivity index (χ1) is 12.5. The molecule has 3 heterocycles. The number of nitrogens with zero attached hydrogens (tertiary/aromatic N) is 1. The summed E-state index contributed by atoms with van der Waals surface area (Å²) in [5, 5.41) is 12.3. The molecule has 5 atom stereocenters. The molecule has 3 rings (SSSR count). The molecule has 0 radical (unpaired) electrons. The fourth-order valence-corrected chi connectivity index (χ4v) is 4.79. The summed E-state index contributed by atoms with van der Waals surface area (Å²) in [6.45, 7) is 4.31. The van der Waals surface area contributed by atoms with E-state index in [0.29, 0.717) is 19.4 Å². The van der Waals surface area contributed by atoms with E-state index in [1.807, 2.05) is 6.92 Å². The van der Waals surface area contributed by atoms with Gasteiger partial charge in [-0.25, -0.2) is 0 Å². The Morgan fingerprint density at radius 3 is 2.85 bits per heavy atom. The second kappa shape index (κ2) is 7.52. The third-order valence-corrected chi connectivity index (χ3v) is 5.78. The van der Waals surface area contributed by atoms with Crippen molar-refractivity contribution in [3.05, 3.63) is 0 Å². The Labute approximate surface area is 153 Å². The van der Waals surface area contributed by atoms with Crippen molar-refractivity contribution in [2.45, 2.75) is 57.3 Å². The molecule has 3 saturated heterocycles. The van der Waals surface area contributed by atoms with Gasteiger partial charge in [0.15, 0.2) is 0 Å². The van der Waals surface area contributed by atoms with Crippen molar-refractivity contribution >= 4 is 17.8 Å². The van der Waals surface area contributed by atoms with Gasteiger partial charge in [0, 0.05) is 13.1 Å². The lowest BCUT2D eigenvalue weighted by Crippen LogP contribution is -2.55. The number of hydrogen-bond acceptors (Lipinski definition) is 6. The average molecular weight is 368 g/mol. The number of aliphatic hydroxyl groups is 1. The summed E-state index contributed by atoms with van der Waals surface area (Å²) in [5.41, 5.74) is -0.995. The molecule has 0 aromatic heterocycles. The zero-order valence-electron chi connectivity index (χ0n) is 15.4. The number of carbonyl (C=O) groups is 3. The Hall–Kier alpha value is -1.67. The van der Waals surface area contributed by atoms with Crippen LogP contribution in [0.5, 0.6) is 0 Å². The predicted octanol–water partition coefficient (Wildman–Crippen LogP) is -0.167. The van der Waals surface area contributed by atoms with E-state index in [-0.39, 0.29) is 37.7 Å². The van der Waals surface area contributed by atoms with Gasteiger partial charge in [-0.2, -0.15) is 0 Å². The van der Waals surface area contributed by atoms with Crippen LogP contribution >= 0.6 is 0 Å². The summed E-state index contributed by atoms with van der Waals surface area (Å²) in [6, 6.07) is -0.812. The number of hydrogen-bond donors (Lipinski definition) is 2. The number of aliphatic hydroxyl groups excluding tert-OH is 1. The van der Waals surface area contributed by atoms with Gasteiger partial charge in [-0.1, -0.05) is 13.3 Å². The number of unbranched alkanes of at least 4 members (excludes halogenated alkanes) is 1. The summed E-state index contributed by atoms with van der Waals surface area (Å²) in [7, 11) is 0. The number of β-amino-alcohol motifs (C(OH)–C–C–N with tert-alkyl or cyclic N) is 1. The molecule has 146 valence electrons. The van der Waals surface area contributed by atoms with Gasteiger partial charge in [0.2, 0.25) is 11.8 Å². The van der Waals surface area contributed by atoms with E-state index in [9.17, 15) is 19.5 Å². The van der Waals surface area contributed by atoms with Gasteiger partial charge >= 0.3 is 5.97 Å². The summed E-state index contributed by atoms with van der Waals surface area (Å²) in [6.07, 6.45) is 2.58. The summed E-state index contributed by atoms with van der Waals surface area (Å²) >= 11 is 0. The summed E-state index contributed by atoms with van der Waals surface area (Å²) in [5.74, 6) is -2.39. The molecule has 3 aliphatic heterocycles.